The average molecular weight is 332 g/mol. The van der Waals surface area contributed by atoms with Gasteiger partial charge in [0.1, 0.15) is 11.4 Å². The van der Waals surface area contributed by atoms with Gasteiger partial charge < -0.3 is 10.1 Å². The molecule has 1 aliphatic heterocycles. The van der Waals surface area contributed by atoms with Gasteiger partial charge in [-0.15, -0.1) is 0 Å². The summed E-state index contributed by atoms with van der Waals surface area (Å²) in [6.07, 6.45) is 3.01. The lowest BCUT2D eigenvalue weighted by atomic mass is 10.2. The summed E-state index contributed by atoms with van der Waals surface area (Å²) in [5.41, 5.74) is 1.88. The lowest BCUT2D eigenvalue weighted by Crippen LogP contribution is -2.03. The number of anilines is 1. The van der Waals surface area contributed by atoms with Crippen LogP contribution in [0.2, 0.25) is 10.0 Å². The van der Waals surface area contributed by atoms with Crippen LogP contribution >= 0.6 is 23.2 Å². The molecule has 0 fully saturated rings. The molecule has 0 aliphatic carbocycles. The second-order valence-electron chi connectivity index (χ2n) is 3.71. The zero-order valence-corrected chi connectivity index (χ0v) is 12.8. The monoisotopic (exact) mass is 331 g/mol. The highest BCUT2D eigenvalue weighted by Crippen LogP contribution is 2.47. The SMILES string of the molecule is CCOC(=O)/C=C/CNc1c(Cl)cc(Cl)c2c1N=S=N2. The fourth-order valence-electron chi connectivity index (χ4n) is 1.55. The van der Waals surface area contributed by atoms with Gasteiger partial charge in [0.25, 0.3) is 0 Å². The summed E-state index contributed by atoms with van der Waals surface area (Å²) in [6, 6.07) is 1.62. The molecule has 1 aliphatic rings. The lowest BCUT2D eigenvalue weighted by molar-refractivity contribution is -0.137. The molecule has 2 rings (SSSR count). The van der Waals surface area contributed by atoms with Crippen molar-refractivity contribution in [3.63, 3.8) is 0 Å². The number of hydrogen-bond acceptors (Lipinski definition) is 5. The van der Waals surface area contributed by atoms with E-state index in [0.29, 0.717) is 40.3 Å². The minimum Gasteiger partial charge on any atom is -0.463 e. The van der Waals surface area contributed by atoms with Gasteiger partial charge in [-0.05, 0) is 13.0 Å². The summed E-state index contributed by atoms with van der Waals surface area (Å²) in [5, 5.41) is 4.01. The maximum absolute atomic E-state index is 11.1. The van der Waals surface area contributed by atoms with E-state index in [4.69, 9.17) is 27.9 Å². The van der Waals surface area contributed by atoms with E-state index in [1.807, 2.05) is 0 Å². The zero-order valence-electron chi connectivity index (χ0n) is 10.5. The van der Waals surface area contributed by atoms with Crippen LogP contribution in [0.3, 0.4) is 0 Å². The van der Waals surface area contributed by atoms with Crippen LogP contribution in [0, 0.1) is 0 Å². The van der Waals surface area contributed by atoms with Crippen molar-refractivity contribution in [3.8, 4) is 0 Å². The number of hydrogen-bond donors (Lipinski definition) is 1. The molecule has 0 bridgehead atoms. The number of benzene rings is 1. The molecule has 0 spiro atoms. The summed E-state index contributed by atoms with van der Waals surface area (Å²) in [5.74, 6) is -0.378. The average Bonchev–Trinajstić information content (AvgIpc) is 2.87. The van der Waals surface area contributed by atoms with Gasteiger partial charge in [0, 0.05) is 12.6 Å². The van der Waals surface area contributed by atoms with Crippen molar-refractivity contribution >= 4 is 57.6 Å². The van der Waals surface area contributed by atoms with Crippen LogP contribution in [0.5, 0.6) is 0 Å². The summed E-state index contributed by atoms with van der Waals surface area (Å²) in [4.78, 5) is 11.1. The Hall–Kier alpha value is -1.37. The van der Waals surface area contributed by atoms with Crippen molar-refractivity contribution in [2.75, 3.05) is 18.5 Å². The number of halogens is 2. The molecule has 1 N–H and O–H groups in total. The van der Waals surface area contributed by atoms with Crippen molar-refractivity contribution in [3.05, 3.63) is 28.3 Å². The van der Waals surface area contributed by atoms with Crippen molar-refractivity contribution < 1.29 is 9.53 Å². The first-order valence-electron chi connectivity index (χ1n) is 5.81. The molecule has 1 aromatic carbocycles. The highest BCUT2D eigenvalue weighted by molar-refractivity contribution is 7.58. The molecule has 0 saturated heterocycles. The van der Waals surface area contributed by atoms with Gasteiger partial charge in [0.2, 0.25) is 0 Å². The predicted octanol–water partition coefficient (Wildman–Crippen LogP) is 4.25. The predicted molar refractivity (Wildman–Crippen MR) is 82.3 cm³/mol. The number of esters is 1. The van der Waals surface area contributed by atoms with Crippen LogP contribution in [-0.4, -0.2) is 19.1 Å². The fourth-order valence-corrected chi connectivity index (χ4v) is 2.73. The Morgan fingerprint density at radius 2 is 2.15 bits per heavy atom. The summed E-state index contributed by atoms with van der Waals surface area (Å²) in [7, 11) is 0. The molecular formula is C12H11Cl2N3O2S. The molecule has 106 valence electrons. The first-order chi connectivity index (χ1) is 9.63. The van der Waals surface area contributed by atoms with E-state index in [1.165, 1.54) is 6.08 Å². The number of carbonyl (C=O) groups excluding carboxylic acids is 1. The van der Waals surface area contributed by atoms with Gasteiger partial charge in [-0.1, -0.05) is 29.3 Å². The van der Waals surface area contributed by atoms with Crippen molar-refractivity contribution in [2.45, 2.75) is 6.92 Å². The van der Waals surface area contributed by atoms with Gasteiger partial charge in [0.15, 0.2) is 0 Å². The third kappa shape index (κ3) is 3.39. The minimum atomic E-state index is -0.378. The van der Waals surface area contributed by atoms with Crippen LogP contribution in [0.4, 0.5) is 17.1 Å². The molecular weight excluding hydrogens is 321 g/mol. The van der Waals surface area contributed by atoms with Gasteiger partial charge in [-0.3, -0.25) is 0 Å². The third-order valence-corrected chi connectivity index (χ3v) is 3.50. The number of carbonyl (C=O) groups is 1. The highest BCUT2D eigenvalue weighted by Gasteiger charge is 2.17. The summed E-state index contributed by atoms with van der Waals surface area (Å²) in [6.45, 7) is 2.51. The molecule has 20 heavy (non-hydrogen) atoms. The van der Waals surface area contributed by atoms with E-state index in [1.54, 1.807) is 19.1 Å². The van der Waals surface area contributed by atoms with E-state index in [9.17, 15) is 4.79 Å². The highest BCUT2D eigenvalue weighted by atomic mass is 35.5. The molecule has 1 heterocycles. The first kappa shape index (κ1) is 15.0. The van der Waals surface area contributed by atoms with Crippen LogP contribution in [0.1, 0.15) is 6.92 Å². The Morgan fingerprint density at radius 3 is 2.90 bits per heavy atom. The second kappa shape index (κ2) is 6.88. The van der Waals surface area contributed by atoms with E-state index in [-0.39, 0.29) is 5.97 Å². The molecule has 0 radical (unpaired) electrons. The van der Waals surface area contributed by atoms with Gasteiger partial charge in [-0.25, -0.2) is 4.79 Å². The number of rotatable bonds is 5. The van der Waals surface area contributed by atoms with Crippen molar-refractivity contribution in [2.24, 2.45) is 8.73 Å². The van der Waals surface area contributed by atoms with Crippen LogP contribution < -0.4 is 5.32 Å². The van der Waals surface area contributed by atoms with Crippen molar-refractivity contribution in [1.82, 2.24) is 0 Å². The maximum atomic E-state index is 11.1. The molecule has 0 saturated carbocycles. The largest absolute Gasteiger partial charge is 0.463 e. The number of ether oxygens (including phenoxy) is 1. The van der Waals surface area contributed by atoms with Gasteiger partial charge in [-0.2, -0.15) is 8.73 Å². The lowest BCUT2D eigenvalue weighted by Gasteiger charge is -2.10. The fraction of sp³-hybridized carbons (Fsp3) is 0.250. The minimum absolute atomic E-state index is 0.352. The quantitative estimate of drug-likeness (QED) is 0.657. The van der Waals surface area contributed by atoms with Crippen LogP contribution in [0.15, 0.2) is 26.9 Å². The summed E-state index contributed by atoms with van der Waals surface area (Å²) >= 11 is 13.2. The van der Waals surface area contributed by atoms with Gasteiger partial charge >= 0.3 is 5.97 Å². The Balaban J connectivity index is 2.06. The first-order valence-corrected chi connectivity index (χ1v) is 7.29. The smallest absolute Gasteiger partial charge is 0.330 e. The number of fused-ring (bicyclic) bond motifs is 1. The Kier molecular flexibility index (Phi) is 5.17. The Labute approximate surface area is 129 Å². The zero-order chi connectivity index (χ0) is 14.5. The van der Waals surface area contributed by atoms with E-state index < -0.39 is 0 Å². The van der Waals surface area contributed by atoms with E-state index >= 15 is 0 Å². The third-order valence-electron chi connectivity index (χ3n) is 2.38. The molecule has 0 aromatic heterocycles. The topological polar surface area (TPSA) is 63.0 Å². The van der Waals surface area contributed by atoms with Crippen molar-refractivity contribution in [1.29, 1.82) is 0 Å². The molecule has 0 atom stereocenters. The molecule has 5 nitrogen and oxygen atoms in total. The normalized spacial score (nSPS) is 12.3. The second-order valence-corrected chi connectivity index (χ2v) is 5.05. The number of nitrogens with one attached hydrogen (secondary N) is 1. The van der Waals surface area contributed by atoms with E-state index in [0.717, 1.165) is 11.4 Å². The van der Waals surface area contributed by atoms with Crippen LogP contribution in [0.25, 0.3) is 0 Å². The molecule has 1 aromatic rings. The number of nitrogens with zero attached hydrogens (tertiary/aromatic N) is 2. The standard InChI is InChI=1S/C12H11Cl2N3O2S/c1-2-19-9(18)4-3-5-15-10-7(13)6-8(14)11-12(10)17-20-16-11/h3-4,6,15H,2,5H2,1H3/b4-3+. The molecule has 0 unspecified atom stereocenters. The van der Waals surface area contributed by atoms with Crippen LogP contribution in [-0.2, 0) is 20.9 Å². The van der Waals surface area contributed by atoms with Gasteiger partial charge in [0.05, 0.1) is 33.7 Å². The summed E-state index contributed by atoms with van der Waals surface area (Å²) < 4.78 is 13.0. The Morgan fingerprint density at radius 1 is 1.40 bits per heavy atom. The molecule has 0 amide bonds. The van der Waals surface area contributed by atoms with E-state index in [2.05, 4.69) is 14.0 Å². The Bertz CT molecular complexity index is 640. The maximum Gasteiger partial charge on any atom is 0.330 e. The molecule has 8 heteroatoms.